The van der Waals surface area contributed by atoms with Crippen molar-refractivity contribution in [3.05, 3.63) is 59.7 Å². The van der Waals surface area contributed by atoms with E-state index in [9.17, 15) is 8.78 Å². The highest BCUT2D eigenvalue weighted by atomic mass is 19.1. The molecule has 0 aliphatic carbocycles. The topological polar surface area (TPSA) is 33.1 Å². The zero-order chi connectivity index (χ0) is 13.1. The molecule has 0 aliphatic heterocycles. The molecular weight excluding hydrogens is 236 g/mol. The van der Waals surface area contributed by atoms with Gasteiger partial charge in [-0.15, -0.1) is 0 Å². The first kappa shape index (κ1) is 12.2. The zero-order valence-electron chi connectivity index (χ0n) is 9.71. The van der Waals surface area contributed by atoms with Gasteiger partial charge in [0.1, 0.15) is 11.6 Å². The molecule has 0 aromatic heterocycles. The van der Waals surface area contributed by atoms with Crippen LogP contribution in [-0.2, 0) is 4.74 Å². The SMILES string of the molecule is COC(=N)c1ccc(-c2cc(F)cc(F)c2)cc1. The number of ether oxygens (including phenoxy) is 1. The molecule has 2 rings (SSSR count). The highest BCUT2D eigenvalue weighted by molar-refractivity contribution is 5.92. The Balaban J connectivity index is 2.37. The molecule has 0 unspecified atom stereocenters. The van der Waals surface area contributed by atoms with E-state index in [0.717, 1.165) is 6.07 Å². The van der Waals surface area contributed by atoms with Crippen molar-refractivity contribution >= 4 is 5.90 Å². The van der Waals surface area contributed by atoms with E-state index >= 15 is 0 Å². The maximum absolute atomic E-state index is 13.1. The molecule has 18 heavy (non-hydrogen) atoms. The molecule has 0 atom stereocenters. The highest BCUT2D eigenvalue weighted by Crippen LogP contribution is 2.22. The molecule has 0 spiro atoms. The summed E-state index contributed by atoms with van der Waals surface area (Å²) in [7, 11) is 1.41. The molecule has 2 aromatic carbocycles. The van der Waals surface area contributed by atoms with Gasteiger partial charge in [-0.3, -0.25) is 5.41 Å². The van der Waals surface area contributed by atoms with Crippen LogP contribution in [0.2, 0.25) is 0 Å². The molecule has 4 heteroatoms. The molecule has 0 saturated carbocycles. The second-order valence-corrected chi connectivity index (χ2v) is 3.77. The summed E-state index contributed by atoms with van der Waals surface area (Å²) in [6.07, 6.45) is 0. The maximum Gasteiger partial charge on any atom is 0.212 e. The number of hydrogen-bond acceptors (Lipinski definition) is 2. The lowest BCUT2D eigenvalue weighted by molar-refractivity contribution is 0.401. The van der Waals surface area contributed by atoms with Crippen molar-refractivity contribution in [1.29, 1.82) is 5.41 Å². The second kappa shape index (κ2) is 4.96. The van der Waals surface area contributed by atoms with Gasteiger partial charge < -0.3 is 4.74 Å². The van der Waals surface area contributed by atoms with Crippen LogP contribution in [0.25, 0.3) is 11.1 Å². The van der Waals surface area contributed by atoms with Crippen molar-refractivity contribution in [2.45, 2.75) is 0 Å². The number of methoxy groups -OCH3 is 1. The Hall–Kier alpha value is -2.23. The summed E-state index contributed by atoms with van der Waals surface area (Å²) >= 11 is 0. The van der Waals surface area contributed by atoms with E-state index in [0.29, 0.717) is 16.7 Å². The van der Waals surface area contributed by atoms with Gasteiger partial charge in [0.25, 0.3) is 0 Å². The van der Waals surface area contributed by atoms with Gasteiger partial charge in [0.15, 0.2) is 0 Å². The van der Waals surface area contributed by atoms with E-state index in [1.807, 2.05) is 0 Å². The van der Waals surface area contributed by atoms with Gasteiger partial charge in [-0.05, 0) is 35.4 Å². The fourth-order valence-corrected chi connectivity index (χ4v) is 1.65. The van der Waals surface area contributed by atoms with Crippen molar-refractivity contribution in [2.24, 2.45) is 0 Å². The summed E-state index contributed by atoms with van der Waals surface area (Å²) in [5, 5.41) is 7.48. The fraction of sp³-hybridized carbons (Fsp3) is 0.0714. The lowest BCUT2D eigenvalue weighted by Gasteiger charge is -2.05. The Morgan fingerprint density at radius 3 is 2.00 bits per heavy atom. The van der Waals surface area contributed by atoms with Crippen molar-refractivity contribution in [2.75, 3.05) is 7.11 Å². The van der Waals surface area contributed by atoms with Gasteiger partial charge in [0.2, 0.25) is 5.90 Å². The van der Waals surface area contributed by atoms with Crippen LogP contribution in [0.3, 0.4) is 0 Å². The lowest BCUT2D eigenvalue weighted by atomic mass is 10.0. The van der Waals surface area contributed by atoms with E-state index in [4.69, 9.17) is 10.1 Å². The maximum atomic E-state index is 13.1. The molecule has 0 saturated heterocycles. The van der Waals surface area contributed by atoms with Crippen LogP contribution in [0.5, 0.6) is 0 Å². The van der Waals surface area contributed by atoms with Crippen LogP contribution in [0.1, 0.15) is 5.56 Å². The van der Waals surface area contributed by atoms with Crippen LogP contribution in [0.4, 0.5) is 8.78 Å². The minimum absolute atomic E-state index is 0.0481. The molecule has 0 amide bonds. The molecular formula is C14H11F2NO. The van der Waals surface area contributed by atoms with Crippen molar-refractivity contribution < 1.29 is 13.5 Å². The Kier molecular flexibility index (Phi) is 3.37. The number of nitrogens with one attached hydrogen (secondary N) is 1. The third-order valence-electron chi connectivity index (χ3n) is 2.55. The number of rotatable bonds is 2. The summed E-state index contributed by atoms with van der Waals surface area (Å²) in [5.41, 5.74) is 1.75. The van der Waals surface area contributed by atoms with Gasteiger partial charge in [-0.1, -0.05) is 12.1 Å². The number of hydrogen-bond donors (Lipinski definition) is 1. The summed E-state index contributed by atoms with van der Waals surface area (Å²) in [5.74, 6) is -1.18. The van der Waals surface area contributed by atoms with E-state index in [-0.39, 0.29) is 5.90 Å². The second-order valence-electron chi connectivity index (χ2n) is 3.77. The number of halogens is 2. The molecule has 0 heterocycles. The molecule has 0 aliphatic rings. The highest BCUT2D eigenvalue weighted by Gasteiger charge is 2.05. The Morgan fingerprint density at radius 2 is 1.50 bits per heavy atom. The molecule has 2 aromatic rings. The largest absolute Gasteiger partial charge is 0.481 e. The van der Waals surface area contributed by atoms with E-state index in [2.05, 4.69) is 0 Å². The minimum Gasteiger partial charge on any atom is -0.481 e. The van der Waals surface area contributed by atoms with Crippen molar-refractivity contribution in [3.63, 3.8) is 0 Å². The average molecular weight is 247 g/mol. The lowest BCUT2D eigenvalue weighted by Crippen LogP contribution is -2.00. The summed E-state index contributed by atoms with van der Waals surface area (Å²) in [4.78, 5) is 0. The van der Waals surface area contributed by atoms with Crippen LogP contribution < -0.4 is 0 Å². The Labute approximate surface area is 103 Å². The molecule has 0 radical (unpaired) electrons. The third-order valence-corrected chi connectivity index (χ3v) is 2.55. The van der Waals surface area contributed by atoms with Crippen LogP contribution in [-0.4, -0.2) is 13.0 Å². The van der Waals surface area contributed by atoms with Gasteiger partial charge in [0, 0.05) is 11.6 Å². The van der Waals surface area contributed by atoms with Gasteiger partial charge in [-0.25, -0.2) is 8.78 Å². The number of benzene rings is 2. The van der Waals surface area contributed by atoms with Gasteiger partial charge >= 0.3 is 0 Å². The van der Waals surface area contributed by atoms with Crippen LogP contribution in [0, 0.1) is 17.0 Å². The summed E-state index contributed by atoms with van der Waals surface area (Å²) in [6, 6.07) is 10.1. The summed E-state index contributed by atoms with van der Waals surface area (Å²) in [6.45, 7) is 0. The molecule has 0 bridgehead atoms. The molecule has 0 fully saturated rings. The monoisotopic (exact) mass is 247 g/mol. The van der Waals surface area contributed by atoms with Crippen LogP contribution >= 0.6 is 0 Å². The first-order valence-corrected chi connectivity index (χ1v) is 5.29. The van der Waals surface area contributed by atoms with E-state index < -0.39 is 11.6 Å². The van der Waals surface area contributed by atoms with Gasteiger partial charge in [-0.2, -0.15) is 0 Å². The minimum atomic E-state index is -0.612. The van der Waals surface area contributed by atoms with Crippen molar-refractivity contribution in [3.8, 4) is 11.1 Å². The van der Waals surface area contributed by atoms with E-state index in [1.165, 1.54) is 19.2 Å². The quantitative estimate of drug-likeness (QED) is 0.638. The normalized spacial score (nSPS) is 10.2. The zero-order valence-corrected chi connectivity index (χ0v) is 9.71. The molecule has 2 nitrogen and oxygen atoms in total. The van der Waals surface area contributed by atoms with E-state index in [1.54, 1.807) is 24.3 Å². The smallest absolute Gasteiger partial charge is 0.212 e. The molecule has 1 N–H and O–H groups in total. The predicted molar refractivity (Wildman–Crippen MR) is 65.6 cm³/mol. The summed E-state index contributed by atoms with van der Waals surface area (Å²) < 4.78 is 30.9. The standard InChI is InChI=1S/C14H11F2NO/c1-18-14(17)10-4-2-9(3-5-10)11-6-12(15)8-13(16)7-11/h2-8,17H,1H3. The van der Waals surface area contributed by atoms with Crippen molar-refractivity contribution in [1.82, 2.24) is 0 Å². The first-order chi connectivity index (χ1) is 8.60. The van der Waals surface area contributed by atoms with Gasteiger partial charge in [0.05, 0.1) is 7.11 Å². The fourth-order valence-electron chi connectivity index (χ4n) is 1.65. The Bertz CT molecular complexity index is 559. The molecule has 92 valence electrons. The third kappa shape index (κ3) is 2.53. The van der Waals surface area contributed by atoms with Crippen LogP contribution in [0.15, 0.2) is 42.5 Å². The average Bonchev–Trinajstić information content (AvgIpc) is 2.37. The predicted octanol–water partition coefficient (Wildman–Crippen LogP) is 3.60. The first-order valence-electron chi connectivity index (χ1n) is 5.29. The Morgan fingerprint density at radius 1 is 0.944 bits per heavy atom.